The van der Waals surface area contributed by atoms with Crippen LogP contribution in [0.1, 0.15) is 32.1 Å². The van der Waals surface area contributed by atoms with Crippen molar-refractivity contribution in [2.24, 2.45) is 0 Å². The molecule has 5 rings (SSSR count). The van der Waals surface area contributed by atoms with Gasteiger partial charge in [0.15, 0.2) is 5.69 Å². The van der Waals surface area contributed by atoms with Crippen LogP contribution in [0.3, 0.4) is 0 Å². The van der Waals surface area contributed by atoms with Crippen LogP contribution in [0.25, 0.3) is 11.1 Å². The fourth-order valence-electron chi connectivity index (χ4n) is 4.21. The highest BCUT2D eigenvalue weighted by atomic mass is 16.5. The van der Waals surface area contributed by atoms with Gasteiger partial charge in [0.25, 0.3) is 11.8 Å². The highest BCUT2D eigenvalue weighted by Crippen LogP contribution is 2.21. The molecule has 7 heteroatoms. The Hall–Kier alpha value is -4.39. The lowest BCUT2D eigenvalue weighted by molar-refractivity contribution is 0.0683. The molecule has 0 spiro atoms. The molecule has 1 N–H and O–H groups in total. The van der Waals surface area contributed by atoms with Crippen molar-refractivity contribution in [2.45, 2.75) is 19.6 Å². The van der Waals surface area contributed by atoms with Crippen LogP contribution in [-0.2, 0) is 19.6 Å². The number of hydrogen-bond acceptors (Lipinski definition) is 4. The molecule has 35 heavy (non-hydrogen) atoms. The maximum atomic E-state index is 13.0. The average molecular weight is 467 g/mol. The van der Waals surface area contributed by atoms with Gasteiger partial charge < -0.3 is 15.0 Å². The molecule has 0 saturated heterocycles. The molecule has 0 aliphatic carbocycles. The summed E-state index contributed by atoms with van der Waals surface area (Å²) in [7, 11) is 1.62. The molecular formula is C28H26N4O3. The average Bonchev–Trinajstić information content (AvgIpc) is 3.35. The van der Waals surface area contributed by atoms with Crippen molar-refractivity contribution in [1.82, 2.24) is 20.0 Å². The summed E-state index contributed by atoms with van der Waals surface area (Å²) in [6.45, 7) is 1.92. The Kier molecular flexibility index (Phi) is 6.30. The number of hydrogen-bond donors (Lipinski definition) is 1. The van der Waals surface area contributed by atoms with Crippen LogP contribution in [0.15, 0.2) is 84.9 Å². The Labute approximate surface area is 204 Å². The summed E-state index contributed by atoms with van der Waals surface area (Å²) in [6, 6.07) is 27.5. The van der Waals surface area contributed by atoms with Crippen LogP contribution in [0.5, 0.6) is 5.75 Å². The van der Waals surface area contributed by atoms with E-state index in [2.05, 4.69) is 22.5 Å². The normalized spacial score (nSPS) is 12.8. The highest BCUT2D eigenvalue weighted by Gasteiger charge is 2.28. The molecular weight excluding hydrogens is 440 g/mol. The molecule has 4 aromatic rings. The third kappa shape index (κ3) is 4.94. The fraction of sp³-hybridized carbons (Fsp3) is 0.179. The van der Waals surface area contributed by atoms with Crippen molar-refractivity contribution in [2.75, 3.05) is 13.7 Å². The Morgan fingerprint density at radius 3 is 2.46 bits per heavy atom. The molecule has 1 aromatic heterocycles. The zero-order valence-corrected chi connectivity index (χ0v) is 19.5. The van der Waals surface area contributed by atoms with E-state index in [0.717, 1.165) is 28.0 Å². The standard InChI is InChI=1S/C28H26N4O3/c1-35-24-9-5-6-21(16-24)19-31-14-15-32-26(28(31)34)17-25(30-32)27(33)29-18-20-10-12-23(13-11-20)22-7-3-2-4-8-22/h2-13,16-17H,14-15,18-19H2,1H3,(H,29,33). The van der Waals surface area contributed by atoms with E-state index in [0.29, 0.717) is 31.9 Å². The lowest BCUT2D eigenvalue weighted by Gasteiger charge is -2.27. The van der Waals surface area contributed by atoms with Gasteiger partial charge in [-0.3, -0.25) is 14.3 Å². The van der Waals surface area contributed by atoms with Crippen molar-refractivity contribution in [3.8, 4) is 16.9 Å². The van der Waals surface area contributed by atoms with Crippen molar-refractivity contribution in [3.05, 3.63) is 107 Å². The van der Waals surface area contributed by atoms with Gasteiger partial charge in [0, 0.05) is 25.7 Å². The molecule has 1 aliphatic heterocycles. The predicted octanol–water partition coefficient (Wildman–Crippen LogP) is 4.14. The van der Waals surface area contributed by atoms with E-state index in [1.54, 1.807) is 22.8 Å². The second-order valence-corrected chi connectivity index (χ2v) is 8.46. The number of benzene rings is 3. The van der Waals surface area contributed by atoms with Gasteiger partial charge in [-0.05, 0) is 34.4 Å². The number of nitrogens with zero attached hydrogens (tertiary/aromatic N) is 3. The lowest BCUT2D eigenvalue weighted by atomic mass is 10.0. The van der Waals surface area contributed by atoms with Crippen LogP contribution in [0, 0.1) is 0 Å². The number of methoxy groups -OCH3 is 1. The smallest absolute Gasteiger partial charge is 0.272 e. The summed E-state index contributed by atoms with van der Waals surface area (Å²) in [5.74, 6) is 0.318. The van der Waals surface area contributed by atoms with Gasteiger partial charge in [0.05, 0.1) is 13.7 Å². The topological polar surface area (TPSA) is 76.5 Å². The Balaban J connectivity index is 1.22. The molecule has 1 aliphatic rings. The van der Waals surface area contributed by atoms with Crippen molar-refractivity contribution < 1.29 is 14.3 Å². The van der Waals surface area contributed by atoms with E-state index in [9.17, 15) is 9.59 Å². The first kappa shape index (κ1) is 22.4. The van der Waals surface area contributed by atoms with Gasteiger partial charge in [-0.25, -0.2) is 0 Å². The van der Waals surface area contributed by atoms with Crippen molar-refractivity contribution in [3.63, 3.8) is 0 Å². The maximum Gasteiger partial charge on any atom is 0.272 e. The zero-order valence-electron chi connectivity index (χ0n) is 19.5. The van der Waals surface area contributed by atoms with Crippen LogP contribution >= 0.6 is 0 Å². The monoisotopic (exact) mass is 466 g/mol. The SMILES string of the molecule is COc1cccc(CN2CCn3nc(C(=O)NCc4ccc(-c5ccccc5)cc4)cc3C2=O)c1. The van der Waals surface area contributed by atoms with E-state index in [4.69, 9.17) is 4.74 Å². The first-order chi connectivity index (χ1) is 17.1. The number of amides is 2. The predicted molar refractivity (Wildman–Crippen MR) is 133 cm³/mol. The molecule has 176 valence electrons. The lowest BCUT2D eigenvalue weighted by Crippen LogP contribution is -2.39. The first-order valence-electron chi connectivity index (χ1n) is 11.5. The van der Waals surface area contributed by atoms with Crippen molar-refractivity contribution >= 4 is 11.8 Å². The van der Waals surface area contributed by atoms with Gasteiger partial charge >= 0.3 is 0 Å². The van der Waals surface area contributed by atoms with E-state index < -0.39 is 0 Å². The third-order valence-electron chi connectivity index (χ3n) is 6.12. The van der Waals surface area contributed by atoms with Gasteiger partial charge in [0.1, 0.15) is 11.4 Å². The molecule has 0 saturated carbocycles. The number of fused-ring (bicyclic) bond motifs is 1. The second-order valence-electron chi connectivity index (χ2n) is 8.46. The van der Waals surface area contributed by atoms with E-state index in [1.807, 2.05) is 66.7 Å². The van der Waals surface area contributed by atoms with Crippen LogP contribution in [0.4, 0.5) is 0 Å². The first-order valence-corrected chi connectivity index (χ1v) is 11.5. The molecule has 0 unspecified atom stereocenters. The largest absolute Gasteiger partial charge is 0.497 e. The molecule has 2 amide bonds. The van der Waals surface area contributed by atoms with Crippen LogP contribution < -0.4 is 10.1 Å². The Morgan fingerprint density at radius 1 is 0.914 bits per heavy atom. The molecule has 0 bridgehead atoms. The molecule has 0 fully saturated rings. The number of aromatic nitrogens is 2. The van der Waals surface area contributed by atoms with Crippen LogP contribution in [-0.4, -0.2) is 40.1 Å². The molecule has 0 atom stereocenters. The second kappa shape index (κ2) is 9.85. The summed E-state index contributed by atoms with van der Waals surface area (Å²) >= 11 is 0. The van der Waals surface area contributed by atoms with E-state index in [1.165, 1.54) is 0 Å². The molecule has 3 aromatic carbocycles. The van der Waals surface area contributed by atoms with Gasteiger partial charge in [-0.2, -0.15) is 5.10 Å². The Bertz CT molecular complexity index is 1350. The summed E-state index contributed by atoms with van der Waals surface area (Å²) in [6.07, 6.45) is 0. The minimum Gasteiger partial charge on any atom is -0.497 e. The number of nitrogens with one attached hydrogen (secondary N) is 1. The molecule has 2 heterocycles. The van der Waals surface area contributed by atoms with Crippen molar-refractivity contribution in [1.29, 1.82) is 0 Å². The molecule has 0 radical (unpaired) electrons. The summed E-state index contributed by atoms with van der Waals surface area (Å²) in [5.41, 5.74) is 4.93. The van der Waals surface area contributed by atoms with Gasteiger partial charge in [0.2, 0.25) is 0 Å². The van der Waals surface area contributed by atoms with Gasteiger partial charge in [-0.15, -0.1) is 0 Å². The third-order valence-corrected chi connectivity index (χ3v) is 6.12. The summed E-state index contributed by atoms with van der Waals surface area (Å²) in [5, 5.41) is 7.28. The van der Waals surface area contributed by atoms with E-state index >= 15 is 0 Å². The van der Waals surface area contributed by atoms with Gasteiger partial charge in [-0.1, -0.05) is 66.7 Å². The quantitative estimate of drug-likeness (QED) is 0.444. The van der Waals surface area contributed by atoms with E-state index in [-0.39, 0.29) is 17.5 Å². The minimum atomic E-state index is -0.300. The number of carbonyl (C=O) groups is 2. The minimum absolute atomic E-state index is 0.137. The maximum absolute atomic E-state index is 13.0. The number of ether oxygens (including phenoxy) is 1. The highest BCUT2D eigenvalue weighted by molar-refractivity contribution is 5.98. The number of carbonyl (C=O) groups excluding carboxylic acids is 2. The molecule has 7 nitrogen and oxygen atoms in total. The zero-order chi connectivity index (χ0) is 24.2. The number of rotatable bonds is 7. The Morgan fingerprint density at radius 2 is 1.69 bits per heavy atom. The van der Waals surface area contributed by atoms with Crippen LogP contribution in [0.2, 0.25) is 0 Å². The summed E-state index contributed by atoms with van der Waals surface area (Å²) in [4.78, 5) is 27.6. The summed E-state index contributed by atoms with van der Waals surface area (Å²) < 4.78 is 6.89. The fourth-order valence-corrected chi connectivity index (χ4v) is 4.21.